The highest BCUT2D eigenvalue weighted by molar-refractivity contribution is 5.62. The molecule has 1 heterocycles. The zero-order valence-corrected chi connectivity index (χ0v) is 8.74. The predicted molar refractivity (Wildman–Crippen MR) is 56.5 cm³/mol. The molecule has 1 aromatic heterocycles. The Morgan fingerprint density at radius 2 is 2.06 bits per heavy atom. The first-order valence-corrected chi connectivity index (χ1v) is 4.79. The van der Waals surface area contributed by atoms with Crippen LogP contribution in [0.5, 0.6) is 0 Å². The molecule has 0 saturated heterocycles. The lowest BCUT2D eigenvalue weighted by atomic mass is 10.1. The normalized spacial score (nSPS) is 10.8. The minimum atomic E-state index is -0.883. The van der Waals surface area contributed by atoms with Crippen LogP contribution in [0.3, 0.4) is 0 Å². The number of hydrogen-bond donors (Lipinski definition) is 1. The molecule has 0 atom stereocenters. The number of aromatic nitrogens is 2. The summed E-state index contributed by atoms with van der Waals surface area (Å²) in [6.07, 6.45) is 1.60. The minimum absolute atomic E-state index is 0.296. The summed E-state index contributed by atoms with van der Waals surface area (Å²) in [7, 11) is 1.80. The first-order chi connectivity index (χ1) is 7.63. The van der Waals surface area contributed by atoms with Crippen LogP contribution < -0.4 is 5.73 Å². The minimum Gasteiger partial charge on any atom is -0.336 e. The zero-order valence-electron chi connectivity index (χ0n) is 8.74. The van der Waals surface area contributed by atoms with Crippen molar-refractivity contribution < 1.29 is 8.78 Å². The molecule has 16 heavy (non-hydrogen) atoms. The summed E-state index contributed by atoms with van der Waals surface area (Å²) in [6, 6.07) is 3.69. The van der Waals surface area contributed by atoms with Crippen molar-refractivity contribution in [3.05, 3.63) is 41.9 Å². The molecule has 0 radical (unpaired) electrons. The molecule has 3 nitrogen and oxygen atoms in total. The predicted octanol–water partition coefficient (Wildman–Crippen LogP) is 1.82. The van der Waals surface area contributed by atoms with E-state index in [1.807, 2.05) is 0 Å². The molecule has 0 saturated carbocycles. The monoisotopic (exact) mass is 223 g/mol. The third-order valence-electron chi connectivity index (χ3n) is 2.45. The third kappa shape index (κ3) is 1.69. The number of aryl methyl sites for hydroxylation is 1. The van der Waals surface area contributed by atoms with Crippen LogP contribution in [-0.2, 0) is 13.6 Å². The summed E-state index contributed by atoms with van der Waals surface area (Å²) in [4.78, 5) is 4.12. The van der Waals surface area contributed by atoms with Gasteiger partial charge in [0, 0.05) is 19.2 Å². The highest BCUT2D eigenvalue weighted by Gasteiger charge is 2.11. The van der Waals surface area contributed by atoms with E-state index in [2.05, 4.69) is 4.98 Å². The van der Waals surface area contributed by atoms with E-state index in [1.165, 1.54) is 6.07 Å². The second kappa shape index (κ2) is 4.02. The average Bonchev–Trinajstić information content (AvgIpc) is 2.63. The van der Waals surface area contributed by atoms with Gasteiger partial charge in [-0.2, -0.15) is 0 Å². The number of hydrogen-bond acceptors (Lipinski definition) is 2. The second-order valence-electron chi connectivity index (χ2n) is 3.48. The lowest BCUT2D eigenvalue weighted by Crippen LogP contribution is -2.04. The van der Waals surface area contributed by atoms with Gasteiger partial charge in [0.2, 0.25) is 0 Å². The largest absolute Gasteiger partial charge is 0.336 e. The Kier molecular flexibility index (Phi) is 2.70. The van der Waals surface area contributed by atoms with Crippen molar-refractivity contribution in [2.24, 2.45) is 12.8 Å². The maximum absolute atomic E-state index is 13.1. The van der Waals surface area contributed by atoms with E-state index in [0.29, 0.717) is 17.8 Å². The lowest BCUT2D eigenvalue weighted by molar-refractivity contribution is 0.509. The number of halogens is 2. The first-order valence-electron chi connectivity index (χ1n) is 4.79. The zero-order chi connectivity index (χ0) is 11.7. The molecule has 0 bridgehead atoms. The average molecular weight is 223 g/mol. The van der Waals surface area contributed by atoms with Crippen molar-refractivity contribution in [1.29, 1.82) is 0 Å². The van der Waals surface area contributed by atoms with Crippen molar-refractivity contribution in [2.45, 2.75) is 6.54 Å². The Morgan fingerprint density at radius 3 is 2.69 bits per heavy atom. The Balaban J connectivity index is 2.54. The van der Waals surface area contributed by atoms with Gasteiger partial charge >= 0.3 is 0 Å². The summed E-state index contributed by atoms with van der Waals surface area (Å²) in [6.45, 7) is 0.296. The Labute approximate surface area is 91.5 Å². The van der Waals surface area contributed by atoms with Crippen molar-refractivity contribution in [2.75, 3.05) is 0 Å². The van der Waals surface area contributed by atoms with Gasteiger partial charge in [-0.1, -0.05) is 0 Å². The highest BCUT2D eigenvalue weighted by atomic mass is 19.2. The first kappa shape index (κ1) is 10.8. The summed E-state index contributed by atoms with van der Waals surface area (Å²) in [5.74, 6) is -1.75. The molecule has 0 aliphatic heterocycles. The fraction of sp³-hybridized carbons (Fsp3) is 0.182. The maximum Gasteiger partial charge on any atom is 0.159 e. The molecule has 1 aromatic carbocycles. The summed E-state index contributed by atoms with van der Waals surface area (Å²) < 4.78 is 27.6. The standard InChI is InChI=1S/C11H11F2N3/c1-16-6-15-11(10(16)5-14)7-2-3-8(12)9(13)4-7/h2-4,6H,5,14H2,1H3. The van der Waals surface area contributed by atoms with E-state index >= 15 is 0 Å². The van der Waals surface area contributed by atoms with Crippen LogP contribution in [0.15, 0.2) is 24.5 Å². The smallest absolute Gasteiger partial charge is 0.159 e. The van der Waals surface area contributed by atoms with Gasteiger partial charge in [-0.25, -0.2) is 13.8 Å². The van der Waals surface area contributed by atoms with Crippen molar-refractivity contribution in [1.82, 2.24) is 9.55 Å². The molecule has 0 aliphatic rings. The van der Waals surface area contributed by atoms with Gasteiger partial charge < -0.3 is 10.3 Å². The molecule has 84 valence electrons. The van der Waals surface area contributed by atoms with E-state index < -0.39 is 11.6 Å². The van der Waals surface area contributed by atoms with E-state index in [1.54, 1.807) is 17.9 Å². The molecule has 0 aliphatic carbocycles. The number of nitrogens with two attached hydrogens (primary N) is 1. The molecule has 5 heteroatoms. The van der Waals surface area contributed by atoms with E-state index in [4.69, 9.17) is 5.73 Å². The number of rotatable bonds is 2. The van der Waals surface area contributed by atoms with E-state index in [-0.39, 0.29) is 0 Å². The summed E-state index contributed by atoms with van der Waals surface area (Å²) >= 11 is 0. The van der Waals surface area contributed by atoms with Crippen LogP contribution in [0.25, 0.3) is 11.3 Å². The van der Waals surface area contributed by atoms with Crippen LogP contribution >= 0.6 is 0 Å². The fourth-order valence-corrected chi connectivity index (χ4v) is 1.58. The quantitative estimate of drug-likeness (QED) is 0.844. The summed E-state index contributed by atoms with van der Waals surface area (Å²) in [5.41, 5.74) is 7.47. The maximum atomic E-state index is 13.1. The van der Waals surface area contributed by atoms with Crippen molar-refractivity contribution in [3.8, 4) is 11.3 Å². The molecule has 0 amide bonds. The van der Waals surface area contributed by atoms with Gasteiger partial charge in [0.15, 0.2) is 11.6 Å². The summed E-state index contributed by atoms with van der Waals surface area (Å²) in [5, 5.41) is 0. The molecule has 2 N–H and O–H groups in total. The fourth-order valence-electron chi connectivity index (χ4n) is 1.58. The van der Waals surface area contributed by atoms with Crippen LogP contribution in [0, 0.1) is 11.6 Å². The molecule has 0 fully saturated rings. The van der Waals surface area contributed by atoms with Crippen LogP contribution in [-0.4, -0.2) is 9.55 Å². The van der Waals surface area contributed by atoms with Crippen LogP contribution in [0.1, 0.15) is 5.69 Å². The molecular formula is C11H11F2N3. The Bertz CT molecular complexity index is 520. The topological polar surface area (TPSA) is 43.8 Å². The van der Waals surface area contributed by atoms with Crippen LogP contribution in [0.4, 0.5) is 8.78 Å². The number of benzene rings is 1. The molecule has 0 spiro atoms. The molecular weight excluding hydrogens is 212 g/mol. The van der Waals surface area contributed by atoms with Gasteiger partial charge in [0.25, 0.3) is 0 Å². The lowest BCUT2D eigenvalue weighted by Gasteiger charge is -2.03. The van der Waals surface area contributed by atoms with Gasteiger partial charge in [-0.15, -0.1) is 0 Å². The van der Waals surface area contributed by atoms with E-state index in [9.17, 15) is 8.78 Å². The highest BCUT2D eigenvalue weighted by Crippen LogP contribution is 2.23. The molecule has 2 rings (SSSR count). The van der Waals surface area contributed by atoms with Gasteiger partial charge in [0.1, 0.15) is 0 Å². The number of nitrogens with zero attached hydrogens (tertiary/aromatic N) is 2. The van der Waals surface area contributed by atoms with Crippen molar-refractivity contribution >= 4 is 0 Å². The third-order valence-corrected chi connectivity index (χ3v) is 2.45. The molecule has 0 unspecified atom stereocenters. The second-order valence-corrected chi connectivity index (χ2v) is 3.48. The number of imidazole rings is 1. The van der Waals surface area contributed by atoms with E-state index in [0.717, 1.165) is 17.8 Å². The van der Waals surface area contributed by atoms with Crippen LogP contribution in [0.2, 0.25) is 0 Å². The molecule has 2 aromatic rings. The van der Waals surface area contributed by atoms with Gasteiger partial charge in [-0.05, 0) is 18.2 Å². The van der Waals surface area contributed by atoms with Gasteiger partial charge in [0.05, 0.1) is 17.7 Å². The Morgan fingerprint density at radius 1 is 1.31 bits per heavy atom. The van der Waals surface area contributed by atoms with Crippen molar-refractivity contribution in [3.63, 3.8) is 0 Å². The van der Waals surface area contributed by atoms with Gasteiger partial charge in [-0.3, -0.25) is 0 Å². The Hall–Kier alpha value is -1.75. The SMILES string of the molecule is Cn1cnc(-c2ccc(F)c(F)c2)c1CN.